The first-order valence-corrected chi connectivity index (χ1v) is 7.18. The first kappa shape index (κ1) is 13.4. The number of amides is 1. The third kappa shape index (κ3) is 2.70. The van der Waals surface area contributed by atoms with Gasteiger partial charge < -0.3 is 10.0 Å². The van der Waals surface area contributed by atoms with E-state index >= 15 is 0 Å². The number of carboxylic acid groups (broad SMARTS) is 1. The third-order valence-electron chi connectivity index (χ3n) is 3.26. The largest absolute Gasteiger partial charge is 0.478 e. The van der Waals surface area contributed by atoms with Crippen molar-refractivity contribution in [2.24, 2.45) is 0 Å². The van der Waals surface area contributed by atoms with Crippen molar-refractivity contribution in [3.05, 3.63) is 11.1 Å². The number of likely N-dealkylation sites (N-methyl/N-ethyl adjacent to an activating group) is 1. The van der Waals surface area contributed by atoms with Crippen LogP contribution in [-0.4, -0.2) is 51.8 Å². The number of thioether (sulfide) groups is 1. The van der Waals surface area contributed by atoms with Gasteiger partial charge in [-0.1, -0.05) is 18.2 Å². The van der Waals surface area contributed by atoms with E-state index in [0.29, 0.717) is 11.6 Å². The Labute approximate surface area is 111 Å². The van der Waals surface area contributed by atoms with Crippen LogP contribution in [-0.2, 0) is 9.59 Å². The normalized spacial score (nSPS) is 28.1. The minimum absolute atomic E-state index is 0.0249. The molecule has 0 spiro atoms. The summed E-state index contributed by atoms with van der Waals surface area (Å²) in [5, 5.41) is 9.16. The molecular weight excluding hydrogens is 252 g/mol. The molecular formula is C12H18N2O3S. The summed E-state index contributed by atoms with van der Waals surface area (Å²) in [6.07, 6.45) is 4.59. The van der Waals surface area contributed by atoms with Gasteiger partial charge in [0, 0.05) is 6.54 Å². The molecule has 5 nitrogen and oxygen atoms in total. The van der Waals surface area contributed by atoms with Gasteiger partial charge in [0.05, 0.1) is 11.1 Å². The van der Waals surface area contributed by atoms with Crippen LogP contribution in [0.25, 0.3) is 0 Å². The number of carboxylic acids is 1. The Morgan fingerprint density at radius 2 is 2.11 bits per heavy atom. The van der Waals surface area contributed by atoms with E-state index in [0.717, 1.165) is 32.0 Å². The summed E-state index contributed by atoms with van der Waals surface area (Å²) in [5.41, 5.74) is 0. The van der Waals surface area contributed by atoms with Gasteiger partial charge in [0.1, 0.15) is 5.37 Å². The highest BCUT2D eigenvalue weighted by Gasteiger charge is 2.40. The fraction of sp³-hybridized carbons (Fsp3) is 0.667. The summed E-state index contributed by atoms with van der Waals surface area (Å²) in [6, 6.07) is 0. The Kier molecular flexibility index (Phi) is 4.29. The monoisotopic (exact) mass is 270 g/mol. The Hall–Kier alpha value is -1.01. The first-order chi connectivity index (χ1) is 8.63. The molecule has 1 N–H and O–H groups in total. The molecule has 1 amide bonds. The third-order valence-corrected chi connectivity index (χ3v) is 4.56. The second kappa shape index (κ2) is 5.75. The Morgan fingerprint density at radius 3 is 2.67 bits per heavy atom. The number of hydrogen-bond donors (Lipinski definition) is 1. The van der Waals surface area contributed by atoms with Gasteiger partial charge in [0.2, 0.25) is 0 Å². The summed E-state index contributed by atoms with van der Waals surface area (Å²) in [7, 11) is 0. The van der Waals surface area contributed by atoms with Gasteiger partial charge in [-0.05, 0) is 32.9 Å². The number of hydrogen-bond acceptors (Lipinski definition) is 4. The lowest BCUT2D eigenvalue weighted by Gasteiger charge is -2.29. The molecule has 2 rings (SSSR count). The number of aliphatic carboxylic acids is 1. The van der Waals surface area contributed by atoms with Crippen LogP contribution < -0.4 is 0 Å². The lowest BCUT2D eigenvalue weighted by molar-refractivity contribution is -0.131. The van der Waals surface area contributed by atoms with Crippen LogP contribution >= 0.6 is 11.8 Å². The van der Waals surface area contributed by atoms with Gasteiger partial charge in [-0.2, -0.15) is 0 Å². The summed E-state index contributed by atoms with van der Waals surface area (Å²) in [5.74, 6) is -0.972. The van der Waals surface area contributed by atoms with E-state index in [1.165, 1.54) is 18.2 Å². The molecule has 2 aliphatic heterocycles. The number of carbonyl (C=O) groups is 2. The van der Waals surface area contributed by atoms with E-state index in [2.05, 4.69) is 4.90 Å². The first-order valence-electron chi connectivity index (χ1n) is 6.30. The van der Waals surface area contributed by atoms with Gasteiger partial charge in [-0.15, -0.1) is 0 Å². The van der Waals surface area contributed by atoms with Crippen molar-refractivity contribution in [1.29, 1.82) is 0 Å². The maximum Gasteiger partial charge on any atom is 0.330 e. The van der Waals surface area contributed by atoms with Crippen LogP contribution in [0.15, 0.2) is 11.1 Å². The van der Waals surface area contributed by atoms with E-state index in [1.807, 2.05) is 6.92 Å². The molecule has 0 bridgehead atoms. The molecule has 0 aliphatic carbocycles. The van der Waals surface area contributed by atoms with E-state index in [1.54, 1.807) is 4.90 Å². The smallest absolute Gasteiger partial charge is 0.330 e. The second-order valence-electron chi connectivity index (χ2n) is 4.47. The lowest BCUT2D eigenvalue weighted by Crippen LogP contribution is -2.43. The van der Waals surface area contributed by atoms with Gasteiger partial charge in [0.15, 0.2) is 0 Å². The van der Waals surface area contributed by atoms with Crippen LogP contribution in [0.2, 0.25) is 0 Å². The number of carbonyl (C=O) groups excluding carboxylic acids is 1. The zero-order valence-electron chi connectivity index (χ0n) is 10.5. The summed E-state index contributed by atoms with van der Waals surface area (Å²) in [6.45, 7) is 4.25. The number of nitrogens with zero attached hydrogens (tertiary/aromatic N) is 2. The summed E-state index contributed by atoms with van der Waals surface area (Å²) >= 11 is 1.37. The van der Waals surface area contributed by atoms with Gasteiger partial charge in [0.25, 0.3) is 5.91 Å². The Bertz CT molecular complexity index is 378. The highest BCUT2D eigenvalue weighted by molar-refractivity contribution is 8.04. The highest BCUT2D eigenvalue weighted by atomic mass is 32.2. The standard InChI is InChI=1S/C12H18N2O3S/c1-2-14-9(8-10(15)16)18-12(11(14)17)13-6-4-3-5-7-13/h8,12H,2-7H2,1H3,(H,15,16). The van der Waals surface area contributed by atoms with Crippen molar-refractivity contribution in [1.82, 2.24) is 9.80 Å². The molecule has 0 aromatic heterocycles. The average Bonchev–Trinajstić information content (AvgIpc) is 2.66. The summed E-state index contributed by atoms with van der Waals surface area (Å²) in [4.78, 5) is 26.8. The molecule has 2 fully saturated rings. The van der Waals surface area contributed by atoms with Crippen molar-refractivity contribution in [3.8, 4) is 0 Å². The quantitative estimate of drug-likeness (QED) is 0.784. The molecule has 0 aromatic carbocycles. The van der Waals surface area contributed by atoms with E-state index in [9.17, 15) is 9.59 Å². The predicted molar refractivity (Wildman–Crippen MR) is 69.9 cm³/mol. The SMILES string of the molecule is CCN1C(=O)C(N2CCCCC2)SC1=CC(=O)O. The lowest BCUT2D eigenvalue weighted by atomic mass is 10.1. The molecule has 1 atom stereocenters. The molecule has 1 unspecified atom stereocenters. The maximum atomic E-state index is 12.3. The van der Waals surface area contributed by atoms with Crippen LogP contribution in [0.5, 0.6) is 0 Å². The fourth-order valence-corrected chi connectivity index (χ4v) is 3.72. The molecule has 2 saturated heterocycles. The van der Waals surface area contributed by atoms with Crippen LogP contribution in [0, 0.1) is 0 Å². The van der Waals surface area contributed by atoms with Crippen molar-refractivity contribution in [3.63, 3.8) is 0 Å². The van der Waals surface area contributed by atoms with Crippen LogP contribution in [0.1, 0.15) is 26.2 Å². The number of likely N-dealkylation sites (tertiary alicyclic amines) is 1. The molecule has 100 valence electrons. The zero-order valence-corrected chi connectivity index (χ0v) is 11.3. The Morgan fingerprint density at radius 1 is 1.44 bits per heavy atom. The van der Waals surface area contributed by atoms with Gasteiger partial charge in [-0.3, -0.25) is 9.69 Å². The molecule has 2 heterocycles. The minimum atomic E-state index is -0.997. The highest BCUT2D eigenvalue weighted by Crippen LogP contribution is 2.37. The van der Waals surface area contributed by atoms with Crippen molar-refractivity contribution < 1.29 is 14.7 Å². The van der Waals surface area contributed by atoms with Crippen LogP contribution in [0.4, 0.5) is 0 Å². The molecule has 0 saturated carbocycles. The predicted octanol–water partition coefficient (Wildman–Crippen LogP) is 1.32. The van der Waals surface area contributed by atoms with Gasteiger partial charge >= 0.3 is 5.97 Å². The van der Waals surface area contributed by atoms with E-state index in [-0.39, 0.29) is 11.3 Å². The fourth-order valence-electron chi connectivity index (χ4n) is 2.38. The molecule has 0 radical (unpaired) electrons. The second-order valence-corrected chi connectivity index (χ2v) is 5.57. The van der Waals surface area contributed by atoms with Crippen molar-refractivity contribution in [2.75, 3.05) is 19.6 Å². The topological polar surface area (TPSA) is 60.9 Å². The number of piperidine rings is 1. The van der Waals surface area contributed by atoms with Gasteiger partial charge in [-0.25, -0.2) is 4.79 Å². The van der Waals surface area contributed by atoms with E-state index < -0.39 is 5.97 Å². The minimum Gasteiger partial charge on any atom is -0.478 e. The Balaban J connectivity index is 2.14. The van der Waals surface area contributed by atoms with E-state index in [4.69, 9.17) is 5.11 Å². The maximum absolute atomic E-state index is 12.3. The average molecular weight is 270 g/mol. The molecule has 2 aliphatic rings. The molecule has 18 heavy (non-hydrogen) atoms. The summed E-state index contributed by atoms with van der Waals surface area (Å²) < 4.78 is 0. The van der Waals surface area contributed by atoms with Crippen LogP contribution in [0.3, 0.4) is 0 Å². The zero-order chi connectivity index (χ0) is 13.1. The molecule has 0 aromatic rings. The molecule has 6 heteroatoms. The van der Waals surface area contributed by atoms with Crippen molar-refractivity contribution >= 4 is 23.6 Å². The number of rotatable bonds is 3. The van der Waals surface area contributed by atoms with Crippen molar-refractivity contribution in [2.45, 2.75) is 31.6 Å².